The van der Waals surface area contributed by atoms with E-state index in [0.29, 0.717) is 11.4 Å². The fourth-order valence-electron chi connectivity index (χ4n) is 1.66. The van der Waals surface area contributed by atoms with Crippen LogP contribution >= 0.6 is 15.9 Å². The molecule has 0 saturated heterocycles. The molecule has 0 bridgehead atoms. The average Bonchev–Trinajstić information content (AvgIpc) is 2.37. The van der Waals surface area contributed by atoms with E-state index in [4.69, 9.17) is 11.0 Å². The Kier molecular flexibility index (Phi) is 3.72. The van der Waals surface area contributed by atoms with Gasteiger partial charge in [0.25, 0.3) is 0 Å². The highest BCUT2D eigenvalue weighted by molar-refractivity contribution is 9.10. The van der Waals surface area contributed by atoms with Gasteiger partial charge in [0, 0.05) is 10.2 Å². The smallest absolute Gasteiger partial charge is 0.124 e. The Morgan fingerprint density at radius 3 is 2.68 bits per heavy atom. The molecule has 2 rings (SSSR count). The van der Waals surface area contributed by atoms with Crippen molar-refractivity contribution in [2.75, 3.05) is 11.1 Å². The van der Waals surface area contributed by atoms with Crippen molar-refractivity contribution in [1.29, 1.82) is 5.26 Å². The van der Waals surface area contributed by atoms with Gasteiger partial charge in [-0.15, -0.1) is 0 Å². The first-order valence-corrected chi connectivity index (χ1v) is 6.33. The molecule has 0 amide bonds. The number of aryl methyl sites for hydroxylation is 1. The van der Waals surface area contributed by atoms with Crippen LogP contribution in [0.4, 0.5) is 21.5 Å². The molecule has 0 spiro atoms. The minimum absolute atomic E-state index is 0.251. The third kappa shape index (κ3) is 2.85. The summed E-state index contributed by atoms with van der Waals surface area (Å²) < 4.78 is 13.8. The molecule has 0 aliphatic heterocycles. The second-order valence-electron chi connectivity index (χ2n) is 4.12. The summed E-state index contributed by atoms with van der Waals surface area (Å²) in [6.07, 6.45) is 0. The molecule has 3 nitrogen and oxygen atoms in total. The van der Waals surface area contributed by atoms with Gasteiger partial charge in [-0.1, -0.05) is 0 Å². The summed E-state index contributed by atoms with van der Waals surface area (Å²) in [5.41, 5.74) is 8.97. The van der Waals surface area contributed by atoms with Crippen molar-refractivity contribution in [3.63, 3.8) is 0 Å². The van der Waals surface area contributed by atoms with Gasteiger partial charge in [0.2, 0.25) is 0 Å². The molecule has 19 heavy (non-hydrogen) atoms. The number of nitriles is 1. The highest BCUT2D eigenvalue weighted by atomic mass is 79.9. The molecule has 0 saturated carbocycles. The third-order valence-corrected chi connectivity index (χ3v) is 3.38. The lowest BCUT2D eigenvalue weighted by Crippen LogP contribution is -1.98. The maximum atomic E-state index is 13.1. The summed E-state index contributed by atoms with van der Waals surface area (Å²) >= 11 is 3.40. The molecule has 0 radical (unpaired) electrons. The van der Waals surface area contributed by atoms with E-state index in [2.05, 4.69) is 21.2 Å². The van der Waals surface area contributed by atoms with E-state index < -0.39 is 5.82 Å². The van der Waals surface area contributed by atoms with Crippen LogP contribution in [0.25, 0.3) is 0 Å². The van der Waals surface area contributed by atoms with Crippen LogP contribution in [0.15, 0.2) is 34.8 Å². The van der Waals surface area contributed by atoms with Crippen LogP contribution in [-0.2, 0) is 0 Å². The molecule has 2 aromatic rings. The summed E-state index contributed by atoms with van der Waals surface area (Å²) in [7, 11) is 0. The van der Waals surface area contributed by atoms with Crippen LogP contribution in [0.2, 0.25) is 0 Å². The molecule has 5 heteroatoms. The molecule has 2 aromatic carbocycles. The summed E-state index contributed by atoms with van der Waals surface area (Å²) in [6.45, 7) is 1.89. The van der Waals surface area contributed by atoms with Crippen LogP contribution in [-0.4, -0.2) is 0 Å². The van der Waals surface area contributed by atoms with E-state index in [9.17, 15) is 4.39 Å². The SMILES string of the molecule is Cc1cc(Nc2ccc(F)cc2C#N)c(Br)cc1N. The minimum Gasteiger partial charge on any atom is -0.398 e. The van der Waals surface area contributed by atoms with Gasteiger partial charge in [-0.05, 0) is 58.7 Å². The largest absolute Gasteiger partial charge is 0.398 e. The topological polar surface area (TPSA) is 61.8 Å². The highest BCUT2D eigenvalue weighted by Gasteiger charge is 2.08. The van der Waals surface area contributed by atoms with Crippen molar-refractivity contribution in [1.82, 2.24) is 0 Å². The summed E-state index contributed by atoms with van der Waals surface area (Å²) in [6, 6.07) is 9.64. The van der Waals surface area contributed by atoms with Crippen LogP contribution < -0.4 is 11.1 Å². The molecule has 0 fully saturated rings. The van der Waals surface area contributed by atoms with E-state index >= 15 is 0 Å². The predicted octanol–water partition coefficient (Wildman–Crippen LogP) is 4.09. The van der Waals surface area contributed by atoms with Crippen molar-refractivity contribution in [2.24, 2.45) is 0 Å². The van der Waals surface area contributed by atoms with Crippen LogP contribution in [0.5, 0.6) is 0 Å². The Morgan fingerprint density at radius 2 is 2.00 bits per heavy atom. The summed E-state index contributed by atoms with van der Waals surface area (Å²) in [4.78, 5) is 0. The van der Waals surface area contributed by atoms with Gasteiger partial charge < -0.3 is 11.1 Å². The number of anilines is 3. The number of benzene rings is 2. The Bertz CT molecular complexity index is 677. The van der Waals surface area contributed by atoms with Gasteiger partial charge in [0.1, 0.15) is 11.9 Å². The monoisotopic (exact) mass is 319 g/mol. The average molecular weight is 320 g/mol. The highest BCUT2D eigenvalue weighted by Crippen LogP contribution is 2.31. The number of rotatable bonds is 2. The van der Waals surface area contributed by atoms with Crippen molar-refractivity contribution < 1.29 is 4.39 Å². The fourth-order valence-corrected chi connectivity index (χ4v) is 2.12. The molecule has 0 atom stereocenters. The van der Waals surface area contributed by atoms with Crippen LogP contribution in [0, 0.1) is 24.1 Å². The molecule has 0 heterocycles. The van der Waals surface area contributed by atoms with Crippen LogP contribution in [0.3, 0.4) is 0 Å². The van der Waals surface area contributed by atoms with Gasteiger partial charge in [-0.25, -0.2) is 4.39 Å². The zero-order valence-corrected chi connectivity index (χ0v) is 11.8. The van der Waals surface area contributed by atoms with Gasteiger partial charge in [-0.2, -0.15) is 5.26 Å². The summed E-state index contributed by atoms with van der Waals surface area (Å²) in [5, 5.41) is 12.1. The summed E-state index contributed by atoms with van der Waals surface area (Å²) in [5.74, 6) is -0.436. The zero-order chi connectivity index (χ0) is 14.0. The number of nitrogen functional groups attached to an aromatic ring is 1. The normalized spacial score (nSPS) is 10.0. The lowest BCUT2D eigenvalue weighted by molar-refractivity contribution is 0.627. The van der Waals surface area contributed by atoms with E-state index in [1.165, 1.54) is 18.2 Å². The standard InChI is InChI=1S/C14H11BrFN3/c1-8-4-14(11(15)6-12(8)18)19-13-3-2-10(16)5-9(13)7-17/h2-6,19H,18H2,1H3. The van der Waals surface area contributed by atoms with E-state index in [1.807, 2.05) is 19.1 Å². The van der Waals surface area contributed by atoms with E-state index in [1.54, 1.807) is 6.07 Å². The van der Waals surface area contributed by atoms with Crippen molar-refractivity contribution >= 4 is 33.0 Å². The van der Waals surface area contributed by atoms with Gasteiger partial charge in [0.05, 0.1) is 16.9 Å². The second kappa shape index (κ2) is 5.29. The van der Waals surface area contributed by atoms with E-state index in [0.717, 1.165) is 15.7 Å². The Morgan fingerprint density at radius 1 is 1.26 bits per heavy atom. The molecular formula is C14H11BrFN3. The van der Waals surface area contributed by atoms with Crippen molar-refractivity contribution in [3.8, 4) is 6.07 Å². The first-order valence-electron chi connectivity index (χ1n) is 5.53. The first-order chi connectivity index (χ1) is 9.01. The van der Waals surface area contributed by atoms with Gasteiger partial charge >= 0.3 is 0 Å². The maximum Gasteiger partial charge on any atom is 0.124 e. The number of nitrogens with one attached hydrogen (secondary N) is 1. The Balaban J connectivity index is 2.42. The third-order valence-electron chi connectivity index (χ3n) is 2.73. The second-order valence-corrected chi connectivity index (χ2v) is 4.97. The number of hydrogen-bond donors (Lipinski definition) is 2. The van der Waals surface area contributed by atoms with Crippen LogP contribution in [0.1, 0.15) is 11.1 Å². The molecule has 0 aliphatic rings. The van der Waals surface area contributed by atoms with Gasteiger partial charge in [0.15, 0.2) is 0 Å². The molecule has 3 N–H and O–H groups in total. The van der Waals surface area contributed by atoms with E-state index in [-0.39, 0.29) is 5.56 Å². The number of nitrogens with two attached hydrogens (primary N) is 1. The number of hydrogen-bond acceptors (Lipinski definition) is 3. The molecule has 0 aliphatic carbocycles. The molecule has 0 unspecified atom stereocenters. The minimum atomic E-state index is -0.436. The molecular weight excluding hydrogens is 309 g/mol. The van der Waals surface area contributed by atoms with Crippen molar-refractivity contribution in [3.05, 3.63) is 51.7 Å². The van der Waals surface area contributed by atoms with Crippen molar-refractivity contribution in [2.45, 2.75) is 6.92 Å². The first kappa shape index (κ1) is 13.4. The quantitative estimate of drug-likeness (QED) is 0.819. The molecule has 0 aromatic heterocycles. The molecule has 96 valence electrons. The Hall–Kier alpha value is -2.06. The van der Waals surface area contributed by atoms with Gasteiger partial charge in [-0.3, -0.25) is 0 Å². The maximum absolute atomic E-state index is 13.1. The fraction of sp³-hybridized carbons (Fsp3) is 0.0714. The predicted molar refractivity (Wildman–Crippen MR) is 77.7 cm³/mol. The zero-order valence-electron chi connectivity index (χ0n) is 10.2. The number of halogens is 2. The Labute approximate surface area is 119 Å². The number of nitrogens with zero attached hydrogens (tertiary/aromatic N) is 1. The lowest BCUT2D eigenvalue weighted by Gasteiger charge is -2.12. The lowest BCUT2D eigenvalue weighted by atomic mass is 10.1.